The van der Waals surface area contributed by atoms with Crippen LogP contribution in [-0.4, -0.2) is 64.1 Å². The number of rotatable bonds is 5. The van der Waals surface area contributed by atoms with Crippen LogP contribution in [0, 0.1) is 0 Å². The lowest BCUT2D eigenvalue weighted by Gasteiger charge is -2.34. The summed E-state index contributed by atoms with van der Waals surface area (Å²) in [6.45, 7) is 3.66. The number of aromatic nitrogens is 3. The van der Waals surface area contributed by atoms with E-state index in [0.717, 1.165) is 23.3 Å². The Kier molecular flexibility index (Phi) is 5.51. The highest BCUT2D eigenvalue weighted by atomic mass is 32.2. The lowest BCUT2D eigenvalue weighted by molar-refractivity contribution is 0.0687. The summed E-state index contributed by atoms with van der Waals surface area (Å²) in [6.07, 6.45) is 2.39. The number of carbonyl (C=O) groups excluding carboxylic acids is 1. The molecule has 0 bridgehead atoms. The minimum absolute atomic E-state index is 0.0799. The van der Waals surface area contributed by atoms with Crippen LogP contribution in [0.1, 0.15) is 23.8 Å². The van der Waals surface area contributed by atoms with Gasteiger partial charge in [0, 0.05) is 46.0 Å². The Morgan fingerprint density at radius 1 is 1.17 bits per heavy atom. The first-order chi connectivity index (χ1) is 14.3. The molecule has 0 spiro atoms. The highest BCUT2D eigenvalue weighted by Crippen LogP contribution is 2.25. The van der Waals surface area contributed by atoms with E-state index < -0.39 is 10.0 Å². The van der Waals surface area contributed by atoms with Crippen molar-refractivity contribution < 1.29 is 13.2 Å². The van der Waals surface area contributed by atoms with E-state index in [4.69, 9.17) is 0 Å². The molecule has 1 aromatic carbocycles. The van der Waals surface area contributed by atoms with Crippen LogP contribution >= 0.6 is 11.3 Å². The van der Waals surface area contributed by atoms with Crippen LogP contribution in [-0.2, 0) is 23.6 Å². The van der Waals surface area contributed by atoms with Gasteiger partial charge in [-0.05, 0) is 30.7 Å². The zero-order valence-electron chi connectivity index (χ0n) is 16.8. The first-order valence-electron chi connectivity index (χ1n) is 9.73. The van der Waals surface area contributed by atoms with Crippen LogP contribution in [0.25, 0.3) is 10.2 Å². The Balaban J connectivity index is 1.53. The second-order valence-electron chi connectivity index (χ2n) is 7.19. The van der Waals surface area contributed by atoms with Gasteiger partial charge in [0.1, 0.15) is 5.69 Å². The summed E-state index contributed by atoms with van der Waals surface area (Å²) >= 11 is 1.06. The molecule has 1 aliphatic heterocycles. The van der Waals surface area contributed by atoms with Gasteiger partial charge in [-0.3, -0.25) is 18.8 Å². The van der Waals surface area contributed by atoms with Crippen molar-refractivity contribution in [2.45, 2.75) is 24.8 Å². The molecule has 1 fully saturated rings. The summed E-state index contributed by atoms with van der Waals surface area (Å²) in [5, 5.41) is 4.01. The largest absolute Gasteiger partial charge is 0.335 e. The van der Waals surface area contributed by atoms with Crippen LogP contribution in [0.4, 0.5) is 0 Å². The highest BCUT2D eigenvalue weighted by Gasteiger charge is 2.31. The SMILES string of the molecule is CCCn1c(=O)sc2cc(S(=O)(=O)N3CCN(C(=O)c4ccnn4C)CC3)ccc21. The average Bonchev–Trinajstić information content (AvgIpc) is 3.30. The molecular formula is C19H23N5O4S2. The molecule has 3 heterocycles. The fourth-order valence-corrected chi connectivity index (χ4v) is 6.15. The lowest BCUT2D eigenvalue weighted by atomic mass is 10.3. The Morgan fingerprint density at radius 3 is 2.53 bits per heavy atom. The molecule has 1 saturated heterocycles. The van der Waals surface area contributed by atoms with Gasteiger partial charge < -0.3 is 4.90 Å². The average molecular weight is 450 g/mol. The van der Waals surface area contributed by atoms with E-state index in [9.17, 15) is 18.0 Å². The van der Waals surface area contributed by atoms with Crippen LogP contribution < -0.4 is 4.87 Å². The molecule has 0 radical (unpaired) electrons. The van der Waals surface area contributed by atoms with Crippen LogP contribution in [0.2, 0.25) is 0 Å². The van der Waals surface area contributed by atoms with E-state index in [1.807, 2.05) is 6.92 Å². The van der Waals surface area contributed by atoms with Gasteiger partial charge in [-0.15, -0.1) is 0 Å². The fraction of sp³-hybridized carbons (Fsp3) is 0.421. The summed E-state index contributed by atoms with van der Waals surface area (Å²) in [6, 6.07) is 6.49. The van der Waals surface area contributed by atoms with Gasteiger partial charge >= 0.3 is 4.87 Å². The number of fused-ring (bicyclic) bond motifs is 1. The van der Waals surface area contributed by atoms with Crippen molar-refractivity contribution >= 4 is 37.5 Å². The summed E-state index contributed by atoms with van der Waals surface area (Å²) < 4.78 is 31.5. The molecular weight excluding hydrogens is 426 g/mol. The first-order valence-corrected chi connectivity index (χ1v) is 12.0. The Hall–Kier alpha value is -2.50. The number of benzene rings is 1. The van der Waals surface area contributed by atoms with Gasteiger partial charge in [0.2, 0.25) is 10.0 Å². The van der Waals surface area contributed by atoms with Crippen molar-refractivity contribution in [3.63, 3.8) is 0 Å². The minimum atomic E-state index is -3.71. The van der Waals surface area contributed by atoms with Crippen molar-refractivity contribution in [2.24, 2.45) is 7.05 Å². The van der Waals surface area contributed by atoms with E-state index in [0.29, 0.717) is 30.0 Å². The molecule has 1 aliphatic rings. The number of hydrogen-bond donors (Lipinski definition) is 0. The Bertz CT molecular complexity index is 1250. The Labute approximate surface area is 178 Å². The van der Waals surface area contributed by atoms with Gasteiger partial charge in [0.05, 0.1) is 15.1 Å². The molecule has 0 atom stereocenters. The second kappa shape index (κ2) is 7.97. The summed E-state index contributed by atoms with van der Waals surface area (Å²) in [4.78, 5) is 26.5. The molecule has 160 valence electrons. The third-order valence-electron chi connectivity index (χ3n) is 5.29. The summed E-state index contributed by atoms with van der Waals surface area (Å²) in [5.74, 6) is -0.157. The number of hydrogen-bond acceptors (Lipinski definition) is 6. The van der Waals surface area contributed by atoms with E-state index in [1.54, 1.807) is 47.0 Å². The second-order valence-corrected chi connectivity index (χ2v) is 10.1. The summed E-state index contributed by atoms with van der Waals surface area (Å²) in [7, 11) is -2.01. The number of aryl methyl sites for hydroxylation is 2. The zero-order valence-corrected chi connectivity index (χ0v) is 18.4. The van der Waals surface area contributed by atoms with E-state index in [1.165, 1.54) is 8.99 Å². The highest BCUT2D eigenvalue weighted by molar-refractivity contribution is 7.89. The molecule has 9 nitrogen and oxygen atoms in total. The maximum Gasteiger partial charge on any atom is 0.308 e. The van der Waals surface area contributed by atoms with Gasteiger partial charge in [0.15, 0.2) is 0 Å². The molecule has 0 unspecified atom stereocenters. The van der Waals surface area contributed by atoms with E-state index in [2.05, 4.69) is 5.10 Å². The fourth-order valence-electron chi connectivity index (χ4n) is 3.67. The number of sulfonamides is 1. The number of nitrogens with zero attached hydrogens (tertiary/aromatic N) is 5. The van der Waals surface area contributed by atoms with Crippen molar-refractivity contribution in [3.05, 3.63) is 45.8 Å². The maximum absolute atomic E-state index is 13.1. The third-order valence-corrected chi connectivity index (χ3v) is 8.13. The molecule has 0 saturated carbocycles. The third kappa shape index (κ3) is 3.57. The smallest absolute Gasteiger partial charge is 0.308 e. The topological polar surface area (TPSA) is 97.5 Å². The molecule has 0 aliphatic carbocycles. The summed E-state index contributed by atoms with van der Waals surface area (Å²) in [5.41, 5.74) is 1.24. The Morgan fingerprint density at radius 2 is 1.90 bits per heavy atom. The standard InChI is InChI=1S/C19H23N5O4S2/c1-3-8-24-15-5-4-14(13-17(15)29-19(24)26)30(27,28)23-11-9-22(10-12-23)18(25)16-6-7-20-21(16)2/h4-7,13H,3,8-12H2,1-2H3. The first kappa shape index (κ1) is 20.8. The molecule has 30 heavy (non-hydrogen) atoms. The van der Waals surface area contributed by atoms with Gasteiger partial charge in [-0.25, -0.2) is 8.42 Å². The normalized spacial score (nSPS) is 15.7. The quantitative estimate of drug-likeness (QED) is 0.586. The molecule has 2 aromatic heterocycles. The van der Waals surface area contributed by atoms with Gasteiger partial charge in [0.25, 0.3) is 5.91 Å². The maximum atomic E-state index is 13.1. The van der Waals surface area contributed by atoms with Gasteiger partial charge in [-0.2, -0.15) is 9.40 Å². The molecule has 11 heteroatoms. The van der Waals surface area contributed by atoms with Gasteiger partial charge in [-0.1, -0.05) is 18.3 Å². The number of carbonyl (C=O) groups is 1. The molecule has 0 N–H and O–H groups in total. The van der Waals surface area contributed by atoms with Crippen molar-refractivity contribution in [1.82, 2.24) is 23.6 Å². The molecule has 1 amide bonds. The number of piperazine rings is 1. The van der Waals surface area contributed by atoms with Crippen LogP contribution in [0.15, 0.2) is 40.2 Å². The van der Waals surface area contributed by atoms with Crippen molar-refractivity contribution in [3.8, 4) is 0 Å². The predicted molar refractivity (Wildman–Crippen MR) is 114 cm³/mol. The number of thiazole rings is 1. The van der Waals surface area contributed by atoms with Crippen molar-refractivity contribution in [2.75, 3.05) is 26.2 Å². The van der Waals surface area contributed by atoms with Crippen LogP contribution in [0.5, 0.6) is 0 Å². The predicted octanol–water partition coefficient (Wildman–Crippen LogP) is 1.35. The lowest BCUT2D eigenvalue weighted by Crippen LogP contribution is -2.50. The van der Waals surface area contributed by atoms with Crippen molar-refractivity contribution in [1.29, 1.82) is 0 Å². The number of amides is 1. The zero-order chi connectivity index (χ0) is 21.5. The van der Waals surface area contributed by atoms with E-state index in [-0.39, 0.29) is 28.8 Å². The monoisotopic (exact) mass is 449 g/mol. The molecule has 4 rings (SSSR count). The minimum Gasteiger partial charge on any atom is -0.335 e. The molecule has 3 aromatic rings. The van der Waals surface area contributed by atoms with Crippen LogP contribution in [0.3, 0.4) is 0 Å². The van der Waals surface area contributed by atoms with E-state index >= 15 is 0 Å².